The van der Waals surface area contributed by atoms with Gasteiger partial charge in [-0.2, -0.15) is 0 Å². The quantitative estimate of drug-likeness (QED) is 0.744. The van der Waals surface area contributed by atoms with E-state index in [4.69, 9.17) is 0 Å². The number of rotatable bonds is 3. The smallest absolute Gasteiger partial charge is 0.286 e. The number of likely N-dealkylation sites (tertiary alicyclic amines) is 1. The number of hydrogen-bond donors (Lipinski definition) is 0. The maximum Gasteiger partial charge on any atom is 0.294 e. The van der Waals surface area contributed by atoms with Gasteiger partial charge in [0.1, 0.15) is 0 Å². The Balaban J connectivity index is 1.73. The van der Waals surface area contributed by atoms with Crippen molar-refractivity contribution >= 4 is 44.9 Å². The summed E-state index contributed by atoms with van der Waals surface area (Å²) >= 11 is 4.44. The van der Waals surface area contributed by atoms with Crippen LogP contribution in [0.1, 0.15) is 24.8 Å². The molecule has 22 heavy (non-hydrogen) atoms. The van der Waals surface area contributed by atoms with Gasteiger partial charge in [0.25, 0.3) is 11.1 Å². The van der Waals surface area contributed by atoms with E-state index in [-0.39, 0.29) is 11.1 Å². The monoisotopic (exact) mass is 380 g/mol. The van der Waals surface area contributed by atoms with Crippen LogP contribution in [0.3, 0.4) is 0 Å². The second kappa shape index (κ2) is 6.98. The van der Waals surface area contributed by atoms with Crippen molar-refractivity contribution in [3.8, 4) is 0 Å². The molecule has 0 atom stereocenters. The molecule has 0 saturated carbocycles. The van der Waals surface area contributed by atoms with Crippen molar-refractivity contribution in [3.05, 3.63) is 39.2 Å². The number of thioether (sulfide) groups is 1. The van der Waals surface area contributed by atoms with E-state index in [0.717, 1.165) is 47.7 Å². The normalized spacial score (nSPS) is 21.9. The summed E-state index contributed by atoms with van der Waals surface area (Å²) in [5.74, 6) is -0.180. The summed E-state index contributed by atoms with van der Waals surface area (Å²) in [4.78, 5) is 28.6. The molecule has 0 aliphatic carbocycles. The molecule has 2 aliphatic heterocycles. The lowest BCUT2D eigenvalue weighted by atomic mass is 10.1. The first-order valence-electron chi connectivity index (χ1n) is 7.37. The molecule has 0 unspecified atom stereocenters. The van der Waals surface area contributed by atoms with Gasteiger partial charge in [0.15, 0.2) is 0 Å². The van der Waals surface area contributed by atoms with Crippen molar-refractivity contribution in [2.75, 3.05) is 19.8 Å². The van der Waals surface area contributed by atoms with E-state index in [2.05, 4.69) is 20.8 Å². The molecule has 116 valence electrons. The molecule has 2 heterocycles. The van der Waals surface area contributed by atoms with E-state index >= 15 is 0 Å². The Kier molecular flexibility index (Phi) is 5.00. The van der Waals surface area contributed by atoms with E-state index in [1.165, 1.54) is 11.3 Å². The summed E-state index contributed by atoms with van der Waals surface area (Å²) in [7, 11) is 0. The molecule has 0 aromatic heterocycles. The Hall–Kier alpha value is -1.11. The van der Waals surface area contributed by atoms with Gasteiger partial charge >= 0.3 is 0 Å². The standard InChI is InChI=1S/C16H17BrN2O2S/c17-13-6-4-5-12(9-13)10-14-15(20)19(16(21)22-14)11-18-7-2-1-3-8-18/h4-6,9-10H,1-3,7-8,11H2/b14-10+. The minimum atomic E-state index is -0.180. The number of halogens is 1. The first-order valence-corrected chi connectivity index (χ1v) is 8.98. The average Bonchev–Trinajstić information content (AvgIpc) is 2.76. The van der Waals surface area contributed by atoms with Crippen LogP contribution in [-0.4, -0.2) is 40.7 Å². The molecule has 0 bridgehead atoms. The first kappa shape index (κ1) is 15.8. The number of carbonyl (C=O) groups excluding carboxylic acids is 2. The fourth-order valence-corrected chi connectivity index (χ4v) is 3.92. The third-order valence-electron chi connectivity index (χ3n) is 3.81. The van der Waals surface area contributed by atoms with Gasteiger partial charge in [-0.1, -0.05) is 34.5 Å². The molecular formula is C16H17BrN2O2S. The molecule has 1 aromatic carbocycles. The third kappa shape index (κ3) is 3.62. The number of piperidine rings is 1. The summed E-state index contributed by atoms with van der Waals surface area (Å²) in [6, 6.07) is 7.69. The van der Waals surface area contributed by atoms with Gasteiger partial charge in [0.2, 0.25) is 0 Å². The second-order valence-electron chi connectivity index (χ2n) is 5.48. The maximum atomic E-state index is 12.5. The van der Waals surface area contributed by atoms with Crippen LogP contribution in [0, 0.1) is 0 Å². The molecule has 0 N–H and O–H groups in total. The molecular weight excluding hydrogens is 364 g/mol. The van der Waals surface area contributed by atoms with Crippen LogP contribution >= 0.6 is 27.7 Å². The highest BCUT2D eigenvalue weighted by atomic mass is 79.9. The van der Waals surface area contributed by atoms with Crippen LogP contribution in [0.5, 0.6) is 0 Å². The molecule has 2 fully saturated rings. The van der Waals surface area contributed by atoms with Crippen molar-refractivity contribution in [3.63, 3.8) is 0 Å². The topological polar surface area (TPSA) is 40.6 Å². The fraction of sp³-hybridized carbons (Fsp3) is 0.375. The van der Waals surface area contributed by atoms with E-state index in [1.807, 2.05) is 24.3 Å². The van der Waals surface area contributed by atoms with Crippen molar-refractivity contribution in [1.82, 2.24) is 9.80 Å². The first-order chi connectivity index (χ1) is 10.6. The van der Waals surface area contributed by atoms with Crippen molar-refractivity contribution < 1.29 is 9.59 Å². The molecule has 0 spiro atoms. The van der Waals surface area contributed by atoms with Crippen LogP contribution in [0.2, 0.25) is 0 Å². The highest BCUT2D eigenvalue weighted by molar-refractivity contribution is 9.10. The molecule has 2 aliphatic rings. The number of imide groups is 1. The Morgan fingerprint density at radius 3 is 2.68 bits per heavy atom. The van der Waals surface area contributed by atoms with Crippen molar-refractivity contribution in [2.45, 2.75) is 19.3 Å². The van der Waals surface area contributed by atoms with Gasteiger partial charge in [0.05, 0.1) is 11.6 Å². The molecule has 2 amide bonds. The number of hydrogen-bond acceptors (Lipinski definition) is 4. The van der Waals surface area contributed by atoms with Gasteiger partial charge in [0, 0.05) is 4.47 Å². The van der Waals surface area contributed by atoms with Crippen LogP contribution in [-0.2, 0) is 4.79 Å². The molecule has 1 aromatic rings. The molecule has 2 saturated heterocycles. The van der Waals surface area contributed by atoms with Crippen LogP contribution in [0.15, 0.2) is 33.6 Å². The van der Waals surface area contributed by atoms with Crippen LogP contribution in [0.4, 0.5) is 4.79 Å². The Morgan fingerprint density at radius 1 is 1.18 bits per heavy atom. The zero-order chi connectivity index (χ0) is 15.5. The summed E-state index contributed by atoms with van der Waals surface area (Å²) in [6.45, 7) is 2.35. The highest BCUT2D eigenvalue weighted by Gasteiger charge is 2.36. The predicted molar refractivity (Wildman–Crippen MR) is 92.2 cm³/mol. The Labute approximate surface area is 142 Å². The molecule has 4 nitrogen and oxygen atoms in total. The Morgan fingerprint density at radius 2 is 1.95 bits per heavy atom. The lowest BCUT2D eigenvalue weighted by Crippen LogP contribution is -2.42. The molecule has 0 radical (unpaired) electrons. The van der Waals surface area contributed by atoms with Gasteiger partial charge in [-0.3, -0.25) is 19.4 Å². The zero-order valence-electron chi connectivity index (χ0n) is 12.1. The van der Waals surface area contributed by atoms with Crippen LogP contribution < -0.4 is 0 Å². The van der Waals surface area contributed by atoms with Crippen molar-refractivity contribution in [2.24, 2.45) is 0 Å². The summed E-state index contributed by atoms with van der Waals surface area (Å²) in [5, 5.41) is -0.170. The predicted octanol–water partition coefficient (Wildman–Crippen LogP) is 3.93. The van der Waals surface area contributed by atoms with Crippen LogP contribution in [0.25, 0.3) is 6.08 Å². The summed E-state index contributed by atoms with van der Waals surface area (Å²) < 4.78 is 0.953. The minimum absolute atomic E-state index is 0.170. The van der Waals surface area contributed by atoms with E-state index < -0.39 is 0 Å². The lowest BCUT2D eigenvalue weighted by Gasteiger charge is -2.29. The van der Waals surface area contributed by atoms with E-state index in [1.54, 1.807) is 6.08 Å². The second-order valence-corrected chi connectivity index (χ2v) is 7.39. The number of amides is 2. The van der Waals surface area contributed by atoms with Gasteiger partial charge in [-0.05, 0) is 61.5 Å². The lowest BCUT2D eigenvalue weighted by molar-refractivity contribution is -0.124. The third-order valence-corrected chi connectivity index (χ3v) is 5.21. The average molecular weight is 381 g/mol. The number of carbonyl (C=O) groups is 2. The Bertz CT molecular complexity index is 626. The number of nitrogens with zero attached hydrogens (tertiary/aromatic N) is 2. The van der Waals surface area contributed by atoms with Gasteiger partial charge in [-0.25, -0.2) is 0 Å². The molecule has 3 rings (SSSR count). The van der Waals surface area contributed by atoms with E-state index in [0.29, 0.717) is 11.6 Å². The maximum absolute atomic E-state index is 12.5. The summed E-state index contributed by atoms with van der Waals surface area (Å²) in [6.07, 6.45) is 5.31. The summed E-state index contributed by atoms with van der Waals surface area (Å²) in [5.41, 5.74) is 0.915. The van der Waals surface area contributed by atoms with Gasteiger partial charge in [-0.15, -0.1) is 0 Å². The largest absolute Gasteiger partial charge is 0.294 e. The highest BCUT2D eigenvalue weighted by Crippen LogP contribution is 2.32. The molecule has 6 heteroatoms. The van der Waals surface area contributed by atoms with E-state index in [9.17, 15) is 9.59 Å². The fourth-order valence-electron chi connectivity index (χ4n) is 2.67. The zero-order valence-corrected chi connectivity index (χ0v) is 14.5. The minimum Gasteiger partial charge on any atom is -0.286 e. The van der Waals surface area contributed by atoms with Crippen molar-refractivity contribution in [1.29, 1.82) is 0 Å². The SMILES string of the molecule is O=C1S/C(=C/c2cccc(Br)c2)C(=O)N1CN1CCCCC1. The number of benzene rings is 1. The van der Waals surface area contributed by atoms with Gasteiger partial charge < -0.3 is 0 Å².